The number of amides is 1. The zero-order chi connectivity index (χ0) is 18.6. The van der Waals surface area contributed by atoms with Gasteiger partial charge in [0.25, 0.3) is 5.91 Å². The number of allylic oxidation sites excluding steroid dienone is 1. The first-order valence-corrected chi connectivity index (χ1v) is 9.48. The molecule has 1 unspecified atom stereocenters. The van der Waals surface area contributed by atoms with Crippen LogP contribution in [0.2, 0.25) is 0 Å². The van der Waals surface area contributed by atoms with Crippen molar-refractivity contribution >= 4 is 5.91 Å². The summed E-state index contributed by atoms with van der Waals surface area (Å²) in [7, 11) is 0. The quantitative estimate of drug-likeness (QED) is 0.829. The van der Waals surface area contributed by atoms with Gasteiger partial charge in [0.1, 0.15) is 19.0 Å². The van der Waals surface area contributed by atoms with E-state index in [2.05, 4.69) is 29.2 Å². The lowest BCUT2D eigenvalue weighted by Crippen LogP contribution is -2.39. The van der Waals surface area contributed by atoms with Gasteiger partial charge in [-0.25, -0.2) is 0 Å². The first kappa shape index (κ1) is 17.6. The zero-order valence-corrected chi connectivity index (χ0v) is 15.6. The minimum Gasteiger partial charge on any atom is -0.491 e. The molecule has 5 heteroatoms. The van der Waals surface area contributed by atoms with Crippen LogP contribution in [0.4, 0.5) is 0 Å². The first-order valence-electron chi connectivity index (χ1n) is 9.48. The second kappa shape index (κ2) is 7.82. The van der Waals surface area contributed by atoms with Gasteiger partial charge in [0.15, 0.2) is 0 Å². The Balaban J connectivity index is 1.72. The van der Waals surface area contributed by atoms with Crippen LogP contribution in [-0.2, 0) is 27.2 Å². The summed E-state index contributed by atoms with van der Waals surface area (Å²) in [5, 5.41) is 0. The molecule has 0 spiro atoms. The lowest BCUT2D eigenvalue weighted by atomic mass is 9.86. The van der Waals surface area contributed by atoms with Gasteiger partial charge in [0, 0.05) is 18.9 Å². The van der Waals surface area contributed by atoms with Gasteiger partial charge < -0.3 is 14.4 Å². The van der Waals surface area contributed by atoms with Gasteiger partial charge in [0.05, 0.1) is 6.04 Å². The van der Waals surface area contributed by atoms with E-state index in [4.69, 9.17) is 9.47 Å². The molecule has 27 heavy (non-hydrogen) atoms. The van der Waals surface area contributed by atoms with Crippen LogP contribution < -0.4 is 0 Å². The third-order valence-electron chi connectivity index (χ3n) is 5.21. The maximum atomic E-state index is 13.5. The van der Waals surface area contributed by atoms with E-state index in [0.717, 1.165) is 24.8 Å². The van der Waals surface area contributed by atoms with Crippen molar-refractivity contribution in [2.45, 2.75) is 38.8 Å². The molecule has 0 radical (unpaired) electrons. The minimum atomic E-state index is -0.113. The molecule has 0 fully saturated rings. The lowest BCUT2D eigenvalue weighted by molar-refractivity contribution is -0.136. The predicted molar refractivity (Wildman–Crippen MR) is 102 cm³/mol. The molecule has 0 saturated heterocycles. The molecule has 1 aromatic carbocycles. The normalized spacial score (nSPS) is 18.9. The Morgan fingerprint density at radius 2 is 2.04 bits per heavy atom. The van der Waals surface area contributed by atoms with Crippen LogP contribution in [0, 0.1) is 0 Å². The highest BCUT2D eigenvalue weighted by atomic mass is 16.6. The van der Waals surface area contributed by atoms with Gasteiger partial charge in [-0.05, 0) is 48.9 Å². The van der Waals surface area contributed by atoms with Crippen LogP contribution >= 0.6 is 0 Å². The maximum Gasteiger partial charge on any atom is 0.293 e. The molecule has 5 nitrogen and oxygen atoms in total. The van der Waals surface area contributed by atoms with Gasteiger partial charge >= 0.3 is 0 Å². The highest BCUT2D eigenvalue weighted by molar-refractivity contribution is 5.92. The van der Waals surface area contributed by atoms with Crippen molar-refractivity contribution in [2.24, 2.45) is 0 Å². The number of hydrogen-bond acceptors (Lipinski definition) is 4. The van der Waals surface area contributed by atoms with Crippen molar-refractivity contribution in [3.05, 3.63) is 77.0 Å². The monoisotopic (exact) mass is 364 g/mol. The molecule has 2 heterocycles. The predicted octanol–water partition coefficient (Wildman–Crippen LogP) is 3.77. The number of aryl methyl sites for hydroxylation is 1. The summed E-state index contributed by atoms with van der Waals surface area (Å²) >= 11 is 0. The van der Waals surface area contributed by atoms with Crippen molar-refractivity contribution in [3.8, 4) is 0 Å². The summed E-state index contributed by atoms with van der Waals surface area (Å²) in [4.78, 5) is 19.6. The topological polar surface area (TPSA) is 51.7 Å². The molecule has 1 atom stereocenters. The van der Waals surface area contributed by atoms with Crippen LogP contribution in [0.3, 0.4) is 0 Å². The SMILES string of the molecule is CC1=C(C(=O)N(Cc2cccnc2)C2CCCc3ccccc32)OCCO1. The third-order valence-corrected chi connectivity index (χ3v) is 5.21. The molecule has 1 amide bonds. The van der Waals surface area contributed by atoms with E-state index in [1.807, 2.05) is 23.2 Å². The number of nitrogens with zero attached hydrogens (tertiary/aromatic N) is 2. The first-order chi connectivity index (χ1) is 13.2. The smallest absolute Gasteiger partial charge is 0.293 e. The fourth-order valence-corrected chi connectivity index (χ4v) is 3.91. The third kappa shape index (κ3) is 3.68. The second-order valence-electron chi connectivity index (χ2n) is 6.98. The van der Waals surface area contributed by atoms with E-state index in [0.29, 0.717) is 31.3 Å². The van der Waals surface area contributed by atoms with E-state index in [1.165, 1.54) is 11.1 Å². The average molecular weight is 364 g/mol. The Hall–Kier alpha value is -2.82. The molecule has 0 N–H and O–H groups in total. The number of ether oxygens (including phenoxy) is 2. The largest absolute Gasteiger partial charge is 0.491 e. The number of aromatic nitrogens is 1. The number of pyridine rings is 1. The van der Waals surface area contributed by atoms with Crippen LogP contribution in [0.15, 0.2) is 60.3 Å². The average Bonchev–Trinajstić information content (AvgIpc) is 2.72. The van der Waals surface area contributed by atoms with Crippen molar-refractivity contribution < 1.29 is 14.3 Å². The highest BCUT2D eigenvalue weighted by Crippen LogP contribution is 2.36. The van der Waals surface area contributed by atoms with Crippen molar-refractivity contribution in [1.29, 1.82) is 0 Å². The van der Waals surface area contributed by atoms with Crippen molar-refractivity contribution in [1.82, 2.24) is 9.88 Å². The Labute approximate surface area is 159 Å². The Morgan fingerprint density at radius 1 is 1.19 bits per heavy atom. The standard InChI is InChI=1S/C22H24N2O3/c1-16-21(27-13-12-26-16)22(25)24(15-17-6-5-11-23-14-17)20-10-4-8-18-7-2-3-9-19(18)20/h2-3,5-7,9,11,14,20H,4,8,10,12-13,15H2,1H3. The van der Waals surface area contributed by atoms with Crippen LogP contribution in [0.25, 0.3) is 0 Å². The van der Waals surface area contributed by atoms with Crippen LogP contribution in [0.5, 0.6) is 0 Å². The minimum absolute atomic E-state index is 0.0217. The van der Waals surface area contributed by atoms with Crippen molar-refractivity contribution in [3.63, 3.8) is 0 Å². The zero-order valence-electron chi connectivity index (χ0n) is 15.6. The van der Waals surface area contributed by atoms with Gasteiger partial charge in [-0.15, -0.1) is 0 Å². The molecule has 1 aliphatic heterocycles. The van der Waals surface area contributed by atoms with Crippen molar-refractivity contribution in [2.75, 3.05) is 13.2 Å². The number of rotatable bonds is 4. The maximum absolute atomic E-state index is 13.5. The molecule has 2 aromatic rings. The molecule has 0 saturated carbocycles. The number of carbonyl (C=O) groups excluding carboxylic acids is 1. The summed E-state index contributed by atoms with van der Waals surface area (Å²) in [6.45, 7) is 3.17. The molecular formula is C22H24N2O3. The summed E-state index contributed by atoms with van der Waals surface area (Å²) in [5.41, 5.74) is 3.56. The summed E-state index contributed by atoms with van der Waals surface area (Å²) in [6, 6.07) is 12.3. The van der Waals surface area contributed by atoms with E-state index < -0.39 is 0 Å². The molecule has 2 aliphatic rings. The van der Waals surface area contributed by atoms with E-state index in [-0.39, 0.29) is 11.9 Å². The van der Waals surface area contributed by atoms with Crippen LogP contribution in [0.1, 0.15) is 42.5 Å². The number of hydrogen-bond donors (Lipinski definition) is 0. The highest BCUT2D eigenvalue weighted by Gasteiger charge is 2.33. The van der Waals surface area contributed by atoms with Gasteiger partial charge in [0.2, 0.25) is 5.76 Å². The van der Waals surface area contributed by atoms with Gasteiger partial charge in [-0.2, -0.15) is 0 Å². The molecule has 4 rings (SSSR count). The number of fused-ring (bicyclic) bond motifs is 1. The lowest BCUT2D eigenvalue weighted by Gasteiger charge is -2.37. The van der Waals surface area contributed by atoms with Gasteiger partial charge in [-0.1, -0.05) is 30.3 Å². The number of benzene rings is 1. The Kier molecular flexibility index (Phi) is 5.10. The molecule has 0 bridgehead atoms. The fraction of sp³-hybridized carbons (Fsp3) is 0.364. The Morgan fingerprint density at radius 3 is 2.85 bits per heavy atom. The van der Waals surface area contributed by atoms with E-state index >= 15 is 0 Å². The molecular weight excluding hydrogens is 340 g/mol. The van der Waals surface area contributed by atoms with Gasteiger partial charge in [-0.3, -0.25) is 9.78 Å². The molecule has 1 aliphatic carbocycles. The Bertz CT molecular complexity index is 848. The summed E-state index contributed by atoms with van der Waals surface area (Å²) < 4.78 is 11.3. The van der Waals surface area contributed by atoms with Crippen LogP contribution in [-0.4, -0.2) is 29.0 Å². The summed E-state index contributed by atoms with van der Waals surface area (Å²) in [6.07, 6.45) is 6.62. The fourth-order valence-electron chi connectivity index (χ4n) is 3.91. The molecule has 140 valence electrons. The van der Waals surface area contributed by atoms with E-state index in [9.17, 15) is 4.79 Å². The number of carbonyl (C=O) groups is 1. The van der Waals surface area contributed by atoms with E-state index in [1.54, 1.807) is 13.1 Å². The molecule has 1 aromatic heterocycles. The second-order valence-corrected chi connectivity index (χ2v) is 6.98. The summed E-state index contributed by atoms with van der Waals surface area (Å²) in [5.74, 6) is 0.775.